The van der Waals surface area contributed by atoms with E-state index >= 15 is 0 Å². The minimum Gasteiger partial charge on any atom is -0.496 e. The summed E-state index contributed by atoms with van der Waals surface area (Å²) in [6.45, 7) is 7.87. The molecule has 0 radical (unpaired) electrons. The standard InChI is InChI=1S/C31H29FN6O3/c1-17-28(18(2)41-37-17)23-15-25-22(16-26(23)39-3)29-30(20-6-8-33-24-5-4-19(32)14-21(20)24)35-27(36-31(29)34-25)7-9-38-10-12-40-13-11-38/h4-6,8,14-16H,7,9-13H2,1-3H3,(H,34,35,36). The molecule has 6 aromatic rings. The first-order valence-corrected chi connectivity index (χ1v) is 13.7. The average molecular weight is 553 g/mol. The van der Waals surface area contributed by atoms with Gasteiger partial charge in [-0.2, -0.15) is 0 Å². The summed E-state index contributed by atoms with van der Waals surface area (Å²) in [7, 11) is 1.65. The fourth-order valence-corrected chi connectivity index (χ4v) is 5.82. The highest BCUT2D eigenvalue weighted by atomic mass is 19.1. The summed E-state index contributed by atoms with van der Waals surface area (Å²) in [6, 6.07) is 10.6. The first-order valence-electron chi connectivity index (χ1n) is 13.7. The number of aromatic nitrogens is 5. The zero-order valence-corrected chi connectivity index (χ0v) is 23.1. The molecule has 1 fully saturated rings. The number of hydrogen-bond acceptors (Lipinski definition) is 8. The van der Waals surface area contributed by atoms with Crippen molar-refractivity contribution in [2.45, 2.75) is 20.3 Å². The predicted molar refractivity (Wildman–Crippen MR) is 155 cm³/mol. The molecule has 5 heterocycles. The molecule has 9 nitrogen and oxygen atoms in total. The van der Waals surface area contributed by atoms with Crippen LogP contribution in [0.15, 0.2) is 47.1 Å². The first kappa shape index (κ1) is 25.6. The molecular weight excluding hydrogens is 523 g/mol. The number of ether oxygens (including phenoxy) is 2. The van der Waals surface area contributed by atoms with E-state index in [-0.39, 0.29) is 5.82 Å². The molecule has 2 aromatic carbocycles. The number of H-pyrrole nitrogens is 1. The Labute approximate surface area is 235 Å². The van der Waals surface area contributed by atoms with Crippen molar-refractivity contribution in [3.63, 3.8) is 0 Å². The molecule has 10 heteroatoms. The van der Waals surface area contributed by atoms with Crippen molar-refractivity contribution in [3.8, 4) is 28.1 Å². The maximum Gasteiger partial charge on any atom is 0.142 e. The summed E-state index contributed by atoms with van der Waals surface area (Å²) in [5.74, 6) is 1.78. The smallest absolute Gasteiger partial charge is 0.142 e. The monoisotopic (exact) mass is 552 g/mol. The second-order valence-corrected chi connectivity index (χ2v) is 10.4. The van der Waals surface area contributed by atoms with Gasteiger partial charge in [0.25, 0.3) is 0 Å². The van der Waals surface area contributed by atoms with Crippen LogP contribution >= 0.6 is 0 Å². The van der Waals surface area contributed by atoms with Crippen LogP contribution in [0.2, 0.25) is 0 Å². The number of aromatic amines is 1. The number of morpholine rings is 1. The van der Waals surface area contributed by atoms with E-state index in [0.717, 1.165) is 77.2 Å². The Balaban J connectivity index is 1.47. The third-order valence-corrected chi connectivity index (χ3v) is 7.83. The minimum atomic E-state index is -0.325. The van der Waals surface area contributed by atoms with Crippen LogP contribution in [0.3, 0.4) is 0 Å². The van der Waals surface area contributed by atoms with Crippen molar-refractivity contribution in [1.82, 2.24) is 30.0 Å². The molecule has 0 bridgehead atoms. The van der Waals surface area contributed by atoms with Gasteiger partial charge < -0.3 is 19.0 Å². The summed E-state index contributed by atoms with van der Waals surface area (Å²) >= 11 is 0. The normalized spacial score (nSPS) is 14.4. The Bertz CT molecular complexity index is 1910. The van der Waals surface area contributed by atoms with Crippen molar-refractivity contribution in [2.75, 3.05) is 40.0 Å². The van der Waals surface area contributed by atoms with Gasteiger partial charge in [-0.05, 0) is 50.2 Å². The second kappa shape index (κ2) is 10.2. The van der Waals surface area contributed by atoms with Gasteiger partial charge >= 0.3 is 0 Å². The summed E-state index contributed by atoms with van der Waals surface area (Å²) in [5, 5.41) is 6.58. The van der Waals surface area contributed by atoms with Crippen molar-refractivity contribution in [3.05, 3.63) is 65.7 Å². The third kappa shape index (κ3) is 4.49. The molecule has 0 aliphatic carbocycles. The predicted octanol–water partition coefficient (Wildman–Crippen LogP) is 5.62. The molecule has 0 spiro atoms. The molecule has 7 rings (SSSR count). The Morgan fingerprint density at radius 3 is 2.66 bits per heavy atom. The molecule has 41 heavy (non-hydrogen) atoms. The van der Waals surface area contributed by atoms with Gasteiger partial charge in [0.05, 0.1) is 48.2 Å². The molecule has 1 aliphatic rings. The third-order valence-electron chi connectivity index (χ3n) is 7.83. The van der Waals surface area contributed by atoms with Gasteiger partial charge in [0, 0.05) is 59.7 Å². The molecule has 0 amide bonds. The van der Waals surface area contributed by atoms with Crippen LogP contribution in [0.1, 0.15) is 17.3 Å². The molecule has 1 N–H and O–H groups in total. The van der Waals surface area contributed by atoms with E-state index in [2.05, 4.69) is 20.0 Å². The number of benzene rings is 2. The molecular formula is C31H29FN6O3. The van der Waals surface area contributed by atoms with E-state index in [1.165, 1.54) is 12.1 Å². The lowest BCUT2D eigenvalue weighted by Crippen LogP contribution is -2.37. The topological polar surface area (TPSA) is 102 Å². The average Bonchev–Trinajstić information content (AvgIpc) is 3.52. The molecule has 4 aromatic heterocycles. The number of fused-ring (bicyclic) bond motifs is 4. The minimum absolute atomic E-state index is 0.325. The van der Waals surface area contributed by atoms with Gasteiger partial charge in [-0.25, -0.2) is 14.4 Å². The number of rotatable bonds is 6. The van der Waals surface area contributed by atoms with Gasteiger partial charge in [0.15, 0.2) is 0 Å². The quantitative estimate of drug-likeness (QED) is 0.284. The van der Waals surface area contributed by atoms with Gasteiger partial charge in [0.1, 0.15) is 28.8 Å². The summed E-state index contributed by atoms with van der Waals surface area (Å²) < 4.78 is 31.3. The van der Waals surface area contributed by atoms with Crippen LogP contribution in [0.4, 0.5) is 4.39 Å². The molecule has 0 unspecified atom stereocenters. The van der Waals surface area contributed by atoms with E-state index in [1.807, 2.05) is 32.0 Å². The van der Waals surface area contributed by atoms with Gasteiger partial charge in [-0.1, -0.05) is 5.16 Å². The lowest BCUT2D eigenvalue weighted by atomic mass is 9.99. The number of methoxy groups -OCH3 is 1. The number of nitrogens with one attached hydrogen (secondary N) is 1. The lowest BCUT2D eigenvalue weighted by molar-refractivity contribution is 0.0382. The van der Waals surface area contributed by atoms with Crippen molar-refractivity contribution < 1.29 is 18.4 Å². The highest BCUT2D eigenvalue weighted by Crippen LogP contribution is 2.42. The molecule has 0 saturated carbocycles. The SMILES string of the molecule is COc1cc2c(cc1-c1c(C)noc1C)[nH]c1nc(CCN3CCOCC3)nc(-c3ccnc4ccc(F)cc34)c12. The maximum atomic E-state index is 14.5. The van der Waals surface area contributed by atoms with Gasteiger partial charge in [-0.15, -0.1) is 0 Å². The maximum absolute atomic E-state index is 14.5. The Kier molecular flexibility index (Phi) is 6.36. The summed E-state index contributed by atoms with van der Waals surface area (Å²) in [6.07, 6.45) is 2.41. The Morgan fingerprint density at radius 1 is 1.02 bits per heavy atom. The fourth-order valence-electron chi connectivity index (χ4n) is 5.82. The van der Waals surface area contributed by atoms with Gasteiger partial charge in [-0.3, -0.25) is 9.88 Å². The van der Waals surface area contributed by atoms with Crippen LogP contribution in [-0.2, 0) is 11.2 Å². The van der Waals surface area contributed by atoms with E-state index < -0.39 is 0 Å². The highest BCUT2D eigenvalue weighted by molar-refractivity contribution is 6.15. The number of aryl methyl sites for hydroxylation is 2. The van der Waals surface area contributed by atoms with Crippen LogP contribution in [0, 0.1) is 19.7 Å². The number of pyridine rings is 1. The van der Waals surface area contributed by atoms with Gasteiger partial charge in [0.2, 0.25) is 0 Å². The van der Waals surface area contributed by atoms with E-state index in [0.29, 0.717) is 40.3 Å². The Morgan fingerprint density at radius 2 is 1.88 bits per heavy atom. The van der Waals surface area contributed by atoms with E-state index in [1.54, 1.807) is 19.4 Å². The molecule has 208 valence electrons. The van der Waals surface area contributed by atoms with E-state index in [4.69, 9.17) is 24.0 Å². The van der Waals surface area contributed by atoms with E-state index in [9.17, 15) is 4.39 Å². The molecule has 1 saturated heterocycles. The zero-order valence-electron chi connectivity index (χ0n) is 23.1. The zero-order chi connectivity index (χ0) is 28.1. The lowest BCUT2D eigenvalue weighted by Gasteiger charge is -2.26. The van der Waals surface area contributed by atoms with Crippen LogP contribution in [0.5, 0.6) is 5.75 Å². The van der Waals surface area contributed by atoms with Crippen molar-refractivity contribution in [1.29, 1.82) is 0 Å². The fraction of sp³-hybridized carbons (Fsp3) is 0.290. The summed E-state index contributed by atoms with van der Waals surface area (Å²) in [5.41, 5.74) is 6.36. The van der Waals surface area contributed by atoms with Crippen molar-refractivity contribution in [2.24, 2.45) is 0 Å². The van der Waals surface area contributed by atoms with Crippen LogP contribution in [-0.4, -0.2) is 70.0 Å². The summed E-state index contributed by atoms with van der Waals surface area (Å²) in [4.78, 5) is 20.5. The molecule has 0 atom stereocenters. The highest BCUT2D eigenvalue weighted by Gasteiger charge is 2.22. The number of halogens is 1. The molecule has 1 aliphatic heterocycles. The second-order valence-electron chi connectivity index (χ2n) is 10.4. The van der Waals surface area contributed by atoms with Crippen LogP contribution in [0.25, 0.3) is 55.2 Å². The van der Waals surface area contributed by atoms with Crippen molar-refractivity contribution >= 4 is 32.8 Å². The van der Waals surface area contributed by atoms with Crippen LogP contribution < -0.4 is 4.74 Å². The number of nitrogens with zero attached hydrogens (tertiary/aromatic N) is 5. The largest absolute Gasteiger partial charge is 0.496 e. The Hall–Kier alpha value is -4.41. The number of hydrogen-bond donors (Lipinski definition) is 1. The first-order chi connectivity index (χ1) is 20.0.